The summed E-state index contributed by atoms with van der Waals surface area (Å²) in [5.74, 6) is -0.345. The van der Waals surface area contributed by atoms with Crippen molar-refractivity contribution in [2.24, 2.45) is 7.05 Å². The molecule has 0 spiro atoms. The van der Waals surface area contributed by atoms with Gasteiger partial charge in [0, 0.05) is 25.5 Å². The number of rotatable bonds is 4. The Bertz CT molecular complexity index is 711. The van der Waals surface area contributed by atoms with Crippen LogP contribution >= 0.6 is 0 Å². The van der Waals surface area contributed by atoms with Gasteiger partial charge >= 0.3 is 5.97 Å². The maximum Gasteiger partial charge on any atom is 0.338 e. The molecule has 0 radical (unpaired) electrons. The summed E-state index contributed by atoms with van der Waals surface area (Å²) in [5.41, 5.74) is 3.90. The summed E-state index contributed by atoms with van der Waals surface area (Å²) in [7, 11) is 3.21. The molecule has 108 valence electrons. The molecule has 0 saturated carbocycles. The monoisotopic (exact) mass is 283 g/mol. The van der Waals surface area contributed by atoms with Crippen LogP contribution in [0.25, 0.3) is 0 Å². The smallest absolute Gasteiger partial charge is 0.338 e. The Kier molecular flexibility index (Phi) is 4.29. The largest absolute Gasteiger partial charge is 0.465 e. The van der Waals surface area contributed by atoms with E-state index in [4.69, 9.17) is 10.00 Å². The highest BCUT2D eigenvalue weighted by Gasteiger charge is 2.11. The molecule has 0 bridgehead atoms. The second-order valence-electron chi connectivity index (χ2n) is 4.78. The fourth-order valence-electron chi connectivity index (χ4n) is 2.20. The number of aryl methyl sites for hydroxylation is 1. The van der Waals surface area contributed by atoms with Crippen LogP contribution in [0.15, 0.2) is 30.5 Å². The van der Waals surface area contributed by atoms with Crippen LogP contribution in [0.3, 0.4) is 0 Å². The van der Waals surface area contributed by atoms with Gasteiger partial charge in [-0.3, -0.25) is 0 Å². The third-order valence-corrected chi connectivity index (χ3v) is 3.40. The minimum absolute atomic E-state index is 0.345. The molecule has 1 aromatic carbocycles. The second-order valence-corrected chi connectivity index (χ2v) is 4.78. The molecule has 0 fully saturated rings. The minimum Gasteiger partial charge on any atom is -0.465 e. The van der Waals surface area contributed by atoms with Crippen LogP contribution in [0.1, 0.15) is 27.2 Å². The predicted molar refractivity (Wildman–Crippen MR) is 80.0 cm³/mol. The second kappa shape index (κ2) is 6.14. The van der Waals surface area contributed by atoms with E-state index in [0.717, 1.165) is 16.8 Å². The van der Waals surface area contributed by atoms with Crippen LogP contribution in [0.5, 0.6) is 0 Å². The number of nitrogens with one attached hydrogen (secondary N) is 1. The van der Waals surface area contributed by atoms with Crippen LogP contribution in [0.2, 0.25) is 0 Å². The van der Waals surface area contributed by atoms with Gasteiger partial charge in [-0.25, -0.2) is 4.79 Å². The van der Waals surface area contributed by atoms with Crippen LogP contribution < -0.4 is 5.32 Å². The lowest BCUT2D eigenvalue weighted by molar-refractivity contribution is 0.0600. The molecular weight excluding hydrogens is 266 g/mol. The number of carbonyl (C=O) groups is 1. The molecule has 0 saturated heterocycles. The first-order valence-corrected chi connectivity index (χ1v) is 6.54. The fraction of sp³-hybridized carbons (Fsp3) is 0.250. The van der Waals surface area contributed by atoms with Crippen LogP contribution in [0.4, 0.5) is 5.69 Å². The maximum absolute atomic E-state index is 11.7. The van der Waals surface area contributed by atoms with Crippen molar-refractivity contribution in [3.05, 3.63) is 52.8 Å². The lowest BCUT2D eigenvalue weighted by atomic mass is 10.1. The SMILES string of the molecule is COC(=O)c1cccc(NCc2cc(C#N)n(C)c2)c1C. The third kappa shape index (κ3) is 3.06. The minimum atomic E-state index is -0.345. The number of anilines is 1. The van der Waals surface area contributed by atoms with E-state index in [1.807, 2.05) is 38.4 Å². The number of nitriles is 1. The number of ether oxygens (including phenoxy) is 1. The molecule has 0 amide bonds. The van der Waals surface area contributed by atoms with Crippen LogP contribution in [-0.4, -0.2) is 17.6 Å². The van der Waals surface area contributed by atoms with E-state index in [2.05, 4.69) is 11.4 Å². The maximum atomic E-state index is 11.7. The van der Waals surface area contributed by atoms with Crippen LogP contribution in [-0.2, 0) is 18.3 Å². The summed E-state index contributed by atoms with van der Waals surface area (Å²) in [6, 6.07) is 9.43. The van der Waals surface area contributed by atoms with Crippen molar-refractivity contribution in [3.8, 4) is 6.07 Å². The standard InChI is InChI=1S/C16H17N3O2/c1-11-14(16(20)21-3)5-4-6-15(11)18-9-12-7-13(8-17)19(2)10-12/h4-7,10,18H,9H2,1-3H3. The average Bonchev–Trinajstić information content (AvgIpc) is 2.85. The number of nitrogens with zero attached hydrogens (tertiary/aromatic N) is 2. The van der Waals surface area contributed by atoms with E-state index in [1.165, 1.54) is 7.11 Å². The normalized spacial score (nSPS) is 10.0. The van der Waals surface area contributed by atoms with Crippen molar-refractivity contribution in [1.29, 1.82) is 5.26 Å². The Morgan fingerprint density at radius 2 is 2.24 bits per heavy atom. The summed E-state index contributed by atoms with van der Waals surface area (Å²) in [6.07, 6.45) is 1.91. The number of esters is 1. The Labute approximate surface area is 123 Å². The highest BCUT2D eigenvalue weighted by atomic mass is 16.5. The highest BCUT2D eigenvalue weighted by molar-refractivity contribution is 5.92. The molecule has 5 heteroatoms. The van der Waals surface area contributed by atoms with Crippen molar-refractivity contribution >= 4 is 11.7 Å². The van der Waals surface area contributed by atoms with E-state index < -0.39 is 0 Å². The molecule has 0 unspecified atom stereocenters. The molecule has 0 aliphatic carbocycles. The Morgan fingerprint density at radius 3 is 2.86 bits per heavy atom. The van der Waals surface area contributed by atoms with Crippen molar-refractivity contribution < 1.29 is 9.53 Å². The zero-order chi connectivity index (χ0) is 15.4. The van der Waals surface area contributed by atoms with Crippen LogP contribution in [0, 0.1) is 18.3 Å². The first-order valence-electron chi connectivity index (χ1n) is 6.54. The molecule has 0 aliphatic rings. The van der Waals surface area contributed by atoms with Gasteiger partial charge in [-0.2, -0.15) is 5.26 Å². The molecule has 0 atom stereocenters. The van der Waals surface area contributed by atoms with Gasteiger partial charge in [0.05, 0.1) is 12.7 Å². The van der Waals surface area contributed by atoms with E-state index in [0.29, 0.717) is 17.8 Å². The van der Waals surface area contributed by atoms with Crippen molar-refractivity contribution in [1.82, 2.24) is 4.57 Å². The van der Waals surface area contributed by atoms with Gasteiger partial charge in [-0.1, -0.05) is 6.07 Å². The Balaban J connectivity index is 2.17. The van der Waals surface area contributed by atoms with E-state index >= 15 is 0 Å². The van der Waals surface area contributed by atoms with E-state index in [9.17, 15) is 4.79 Å². The van der Waals surface area contributed by atoms with Gasteiger partial charge in [0.25, 0.3) is 0 Å². The number of benzene rings is 1. The summed E-state index contributed by atoms with van der Waals surface area (Å²) in [6.45, 7) is 2.46. The van der Waals surface area contributed by atoms with Crippen molar-refractivity contribution in [2.45, 2.75) is 13.5 Å². The van der Waals surface area contributed by atoms with E-state index in [1.54, 1.807) is 10.6 Å². The lowest BCUT2D eigenvalue weighted by Crippen LogP contribution is -2.07. The zero-order valence-corrected chi connectivity index (χ0v) is 12.3. The first kappa shape index (κ1) is 14.7. The van der Waals surface area contributed by atoms with E-state index in [-0.39, 0.29) is 5.97 Å². The topological polar surface area (TPSA) is 67.0 Å². The Morgan fingerprint density at radius 1 is 1.48 bits per heavy atom. The first-order chi connectivity index (χ1) is 10.1. The number of aromatic nitrogens is 1. The summed E-state index contributed by atoms with van der Waals surface area (Å²) < 4.78 is 6.55. The molecule has 5 nitrogen and oxygen atoms in total. The Hall–Kier alpha value is -2.74. The van der Waals surface area contributed by atoms with Gasteiger partial charge < -0.3 is 14.6 Å². The third-order valence-electron chi connectivity index (χ3n) is 3.40. The summed E-state index contributed by atoms with van der Waals surface area (Å²) in [5, 5.41) is 12.2. The van der Waals surface area contributed by atoms with Gasteiger partial charge in [0.15, 0.2) is 0 Å². The summed E-state index contributed by atoms with van der Waals surface area (Å²) >= 11 is 0. The lowest BCUT2D eigenvalue weighted by Gasteiger charge is -2.11. The number of methoxy groups -OCH3 is 1. The number of hydrogen-bond acceptors (Lipinski definition) is 4. The highest BCUT2D eigenvalue weighted by Crippen LogP contribution is 2.20. The molecule has 1 aromatic heterocycles. The molecule has 0 aliphatic heterocycles. The van der Waals surface area contributed by atoms with Crippen molar-refractivity contribution in [3.63, 3.8) is 0 Å². The number of hydrogen-bond donors (Lipinski definition) is 1. The average molecular weight is 283 g/mol. The van der Waals surface area contributed by atoms with Gasteiger partial charge in [0.1, 0.15) is 11.8 Å². The zero-order valence-electron chi connectivity index (χ0n) is 12.3. The van der Waals surface area contributed by atoms with Gasteiger partial charge in [-0.05, 0) is 36.2 Å². The molecule has 2 rings (SSSR count). The number of carbonyl (C=O) groups excluding carboxylic acids is 1. The van der Waals surface area contributed by atoms with Gasteiger partial charge in [0.2, 0.25) is 0 Å². The molecular formula is C16H17N3O2. The van der Waals surface area contributed by atoms with Gasteiger partial charge in [-0.15, -0.1) is 0 Å². The quantitative estimate of drug-likeness (QED) is 0.876. The van der Waals surface area contributed by atoms with Crippen molar-refractivity contribution in [2.75, 3.05) is 12.4 Å². The molecule has 1 heterocycles. The molecule has 21 heavy (non-hydrogen) atoms. The fourth-order valence-corrected chi connectivity index (χ4v) is 2.20. The summed E-state index contributed by atoms with van der Waals surface area (Å²) in [4.78, 5) is 11.7. The predicted octanol–water partition coefficient (Wildman–Crippen LogP) is 2.60. The molecule has 1 N–H and O–H groups in total. The molecule has 2 aromatic rings.